The van der Waals surface area contributed by atoms with Crippen molar-refractivity contribution in [2.24, 2.45) is 0 Å². The highest BCUT2D eigenvalue weighted by molar-refractivity contribution is 5.76. The van der Waals surface area contributed by atoms with Gasteiger partial charge in [-0.05, 0) is 31.2 Å². The van der Waals surface area contributed by atoms with Crippen LogP contribution in [0.15, 0.2) is 65.6 Å². The Kier molecular flexibility index (Phi) is 5.70. The predicted octanol–water partition coefficient (Wildman–Crippen LogP) is 2.38. The molecule has 4 aromatic rings. The number of fused-ring (bicyclic) bond motifs is 1. The molecule has 5 rings (SSSR count). The number of para-hydroxylation sites is 3. The zero-order chi connectivity index (χ0) is 21.9. The fourth-order valence-electron chi connectivity index (χ4n) is 4.11. The maximum Gasteiger partial charge on any atom is 0.269 e. The lowest BCUT2D eigenvalue weighted by molar-refractivity contribution is 0.226. The van der Waals surface area contributed by atoms with Crippen LogP contribution in [0.5, 0.6) is 5.75 Å². The van der Waals surface area contributed by atoms with Gasteiger partial charge in [0.15, 0.2) is 5.65 Å². The summed E-state index contributed by atoms with van der Waals surface area (Å²) in [6.45, 7) is 6.66. The first-order chi connectivity index (χ1) is 15.8. The zero-order valence-corrected chi connectivity index (χ0v) is 18.1. The summed E-state index contributed by atoms with van der Waals surface area (Å²) in [5, 5.41) is 8.35. The molecule has 0 aliphatic carbocycles. The largest absolute Gasteiger partial charge is 0.492 e. The Morgan fingerprint density at radius 1 is 1.03 bits per heavy atom. The normalized spacial score (nSPS) is 14.7. The van der Waals surface area contributed by atoms with Crippen molar-refractivity contribution in [3.63, 3.8) is 0 Å². The van der Waals surface area contributed by atoms with Crippen molar-refractivity contribution in [3.05, 3.63) is 77.0 Å². The molecule has 1 saturated heterocycles. The third-order valence-corrected chi connectivity index (χ3v) is 5.65. The number of hydrogen-bond donors (Lipinski definition) is 1. The first-order valence-electron chi connectivity index (χ1n) is 11.0. The summed E-state index contributed by atoms with van der Waals surface area (Å²) < 4.78 is 9.27. The second-order valence-electron chi connectivity index (χ2n) is 7.72. The molecule has 164 valence electrons. The number of piperazine rings is 1. The summed E-state index contributed by atoms with van der Waals surface area (Å²) in [7, 11) is 0. The molecule has 0 unspecified atom stereocenters. The molecule has 8 heteroatoms. The van der Waals surface area contributed by atoms with Crippen molar-refractivity contribution < 1.29 is 4.74 Å². The summed E-state index contributed by atoms with van der Waals surface area (Å²) in [5.74, 6) is 1.34. The highest BCUT2D eigenvalue weighted by atomic mass is 16.5. The molecule has 2 aromatic heterocycles. The number of nitrogens with zero attached hydrogens (tertiary/aromatic N) is 5. The lowest BCUT2D eigenvalue weighted by Gasteiger charge is -2.28. The predicted molar refractivity (Wildman–Crippen MR) is 124 cm³/mol. The van der Waals surface area contributed by atoms with Crippen LogP contribution in [0.1, 0.15) is 12.7 Å². The lowest BCUT2D eigenvalue weighted by atomic mass is 10.2. The van der Waals surface area contributed by atoms with E-state index in [4.69, 9.17) is 9.72 Å². The second kappa shape index (κ2) is 8.94. The number of benzene rings is 2. The van der Waals surface area contributed by atoms with Crippen LogP contribution in [0.4, 0.5) is 0 Å². The van der Waals surface area contributed by atoms with Crippen molar-refractivity contribution in [1.29, 1.82) is 0 Å². The smallest absolute Gasteiger partial charge is 0.269 e. The van der Waals surface area contributed by atoms with Gasteiger partial charge in [-0.25, -0.2) is 9.67 Å². The summed E-state index contributed by atoms with van der Waals surface area (Å²) in [5.41, 5.74) is 1.99. The number of aromatic nitrogens is 4. The van der Waals surface area contributed by atoms with Crippen molar-refractivity contribution in [3.8, 4) is 17.1 Å². The Balaban J connectivity index is 1.72. The Hall–Kier alpha value is -3.49. The van der Waals surface area contributed by atoms with Crippen LogP contribution in [-0.2, 0) is 6.54 Å². The number of nitrogens with one attached hydrogen (secondary N) is 1. The van der Waals surface area contributed by atoms with Crippen molar-refractivity contribution in [2.75, 3.05) is 32.8 Å². The Morgan fingerprint density at radius 2 is 1.78 bits per heavy atom. The maximum absolute atomic E-state index is 13.8. The third-order valence-electron chi connectivity index (χ3n) is 5.65. The van der Waals surface area contributed by atoms with Gasteiger partial charge in [0.05, 0.1) is 30.7 Å². The standard InChI is InChI=1S/C24H26N6O2/c1-2-32-21-11-7-6-10-20(21)29-22(17-28-14-12-25-13-15-28)27-23-19(24(29)31)16-26-30(23)18-8-4-3-5-9-18/h3-11,16,25H,2,12-15,17H2,1H3. The molecule has 0 bridgehead atoms. The average Bonchev–Trinajstić information content (AvgIpc) is 3.26. The van der Waals surface area contributed by atoms with Gasteiger partial charge in [0.1, 0.15) is 17.0 Å². The Morgan fingerprint density at radius 3 is 2.56 bits per heavy atom. The summed E-state index contributed by atoms with van der Waals surface area (Å²) >= 11 is 0. The van der Waals surface area contributed by atoms with Crippen molar-refractivity contribution in [1.82, 2.24) is 29.5 Å². The van der Waals surface area contributed by atoms with Crippen LogP contribution in [0.3, 0.4) is 0 Å². The van der Waals surface area contributed by atoms with Crippen molar-refractivity contribution in [2.45, 2.75) is 13.5 Å². The van der Waals surface area contributed by atoms with Crippen LogP contribution >= 0.6 is 0 Å². The molecule has 0 spiro atoms. The molecule has 0 saturated carbocycles. The molecule has 0 atom stereocenters. The van der Waals surface area contributed by atoms with Crippen molar-refractivity contribution >= 4 is 11.0 Å². The minimum atomic E-state index is -0.144. The van der Waals surface area contributed by atoms with Crippen LogP contribution in [0.25, 0.3) is 22.4 Å². The highest BCUT2D eigenvalue weighted by Crippen LogP contribution is 2.24. The molecular weight excluding hydrogens is 404 g/mol. The van der Waals surface area contributed by atoms with Gasteiger partial charge in [-0.3, -0.25) is 14.3 Å². The maximum atomic E-state index is 13.8. The van der Waals surface area contributed by atoms with E-state index in [0.29, 0.717) is 41.4 Å². The van der Waals surface area contributed by atoms with E-state index in [0.717, 1.165) is 31.9 Å². The van der Waals surface area contributed by atoms with Crippen LogP contribution in [0.2, 0.25) is 0 Å². The lowest BCUT2D eigenvalue weighted by Crippen LogP contribution is -2.44. The number of ether oxygens (including phenoxy) is 1. The molecule has 1 aliphatic heterocycles. The molecule has 0 radical (unpaired) electrons. The van der Waals surface area contributed by atoms with Gasteiger partial charge >= 0.3 is 0 Å². The van der Waals surface area contributed by atoms with Gasteiger partial charge in [-0.1, -0.05) is 30.3 Å². The monoisotopic (exact) mass is 430 g/mol. The minimum Gasteiger partial charge on any atom is -0.492 e. The first-order valence-corrected chi connectivity index (χ1v) is 11.0. The fourth-order valence-corrected chi connectivity index (χ4v) is 4.11. The topological polar surface area (TPSA) is 77.2 Å². The molecular formula is C24H26N6O2. The van der Waals surface area contributed by atoms with E-state index in [1.54, 1.807) is 15.4 Å². The number of rotatable bonds is 6. The second-order valence-corrected chi connectivity index (χ2v) is 7.72. The van der Waals surface area contributed by atoms with E-state index in [1.807, 2.05) is 61.5 Å². The van der Waals surface area contributed by atoms with E-state index >= 15 is 0 Å². The van der Waals surface area contributed by atoms with E-state index < -0.39 is 0 Å². The average molecular weight is 431 g/mol. The molecule has 3 heterocycles. The summed E-state index contributed by atoms with van der Waals surface area (Å²) in [6, 6.07) is 17.4. The third kappa shape index (κ3) is 3.79. The van der Waals surface area contributed by atoms with Crippen LogP contribution in [-0.4, -0.2) is 57.0 Å². The van der Waals surface area contributed by atoms with Crippen LogP contribution < -0.4 is 15.6 Å². The number of hydrogen-bond acceptors (Lipinski definition) is 6. The first kappa shape index (κ1) is 20.4. The molecule has 1 fully saturated rings. The van der Waals surface area contributed by atoms with Gasteiger partial charge in [0.25, 0.3) is 5.56 Å². The fraction of sp³-hybridized carbons (Fsp3) is 0.292. The van der Waals surface area contributed by atoms with Gasteiger partial charge in [-0.2, -0.15) is 5.10 Å². The molecule has 0 amide bonds. The SMILES string of the molecule is CCOc1ccccc1-n1c(CN2CCNCC2)nc2c(cnn2-c2ccccc2)c1=O. The Bertz CT molecular complexity index is 1270. The molecule has 32 heavy (non-hydrogen) atoms. The Labute approximate surface area is 186 Å². The summed E-state index contributed by atoms with van der Waals surface area (Å²) in [6.07, 6.45) is 1.60. The highest BCUT2D eigenvalue weighted by Gasteiger charge is 2.21. The molecule has 2 aromatic carbocycles. The molecule has 1 N–H and O–H groups in total. The molecule has 8 nitrogen and oxygen atoms in total. The van der Waals surface area contributed by atoms with Gasteiger partial charge < -0.3 is 10.1 Å². The minimum absolute atomic E-state index is 0.144. The van der Waals surface area contributed by atoms with Gasteiger partial charge in [0.2, 0.25) is 0 Å². The zero-order valence-electron chi connectivity index (χ0n) is 18.1. The van der Waals surface area contributed by atoms with Gasteiger partial charge in [0, 0.05) is 26.2 Å². The van der Waals surface area contributed by atoms with Crippen LogP contribution in [0, 0.1) is 0 Å². The van der Waals surface area contributed by atoms with E-state index in [2.05, 4.69) is 15.3 Å². The van der Waals surface area contributed by atoms with E-state index in [1.165, 1.54) is 0 Å². The van der Waals surface area contributed by atoms with E-state index in [9.17, 15) is 4.79 Å². The van der Waals surface area contributed by atoms with Gasteiger partial charge in [-0.15, -0.1) is 0 Å². The van der Waals surface area contributed by atoms with E-state index in [-0.39, 0.29) is 5.56 Å². The summed E-state index contributed by atoms with van der Waals surface area (Å²) in [4.78, 5) is 21.1. The molecule has 1 aliphatic rings. The quantitative estimate of drug-likeness (QED) is 0.506.